The van der Waals surface area contributed by atoms with Crippen molar-refractivity contribution in [3.05, 3.63) is 234 Å². The van der Waals surface area contributed by atoms with Gasteiger partial charge in [-0.3, -0.25) is 4.57 Å². The maximum Gasteiger partial charge on any atom is 0.267 e. The van der Waals surface area contributed by atoms with Crippen LogP contribution in [0.3, 0.4) is 0 Å². The molecule has 3 aromatic heterocycles. The number of hydrogen-bond donors (Lipinski definition) is 0. The third kappa shape index (κ3) is 10.1. The Morgan fingerprint density at radius 2 is 1.07 bits per heavy atom. The van der Waals surface area contributed by atoms with Crippen molar-refractivity contribution in [1.82, 2.24) is 14.1 Å². The summed E-state index contributed by atoms with van der Waals surface area (Å²) in [4.78, 5) is 5.00. The van der Waals surface area contributed by atoms with Gasteiger partial charge in [0.25, 0.3) is 6.33 Å². The number of imidazole rings is 1. The number of aromatic nitrogens is 4. The molecule has 0 aliphatic rings. The Morgan fingerprint density at radius 1 is 0.473 bits per heavy atom. The van der Waals surface area contributed by atoms with Gasteiger partial charge in [-0.15, -0.1) is 35.2 Å². The van der Waals surface area contributed by atoms with Gasteiger partial charge < -0.3 is 13.9 Å². The molecule has 5 nitrogen and oxygen atoms in total. The van der Waals surface area contributed by atoms with Crippen LogP contribution in [0, 0.1) is 18.5 Å². The molecule has 0 radical (unpaired) electrons. The van der Waals surface area contributed by atoms with Gasteiger partial charge in [0.2, 0.25) is 0 Å². The number of rotatable bonds is 10. The summed E-state index contributed by atoms with van der Waals surface area (Å²) in [6.45, 7) is 29.6. The maximum absolute atomic E-state index is 7.11. The van der Waals surface area contributed by atoms with E-state index in [4.69, 9.17) is 9.72 Å². The van der Waals surface area contributed by atoms with Crippen molar-refractivity contribution in [2.24, 2.45) is 0 Å². The van der Waals surface area contributed by atoms with Crippen LogP contribution in [0.4, 0.5) is 0 Å². The second kappa shape index (κ2) is 19.5. The van der Waals surface area contributed by atoms with Crippen molar-refractivity contribution in [3.8, 4) is 39.8 Å². The molecule has 7 aromatic carbocycles. The minimum atomic E-state index is -0.442. The van der Waals surface area contributed by atoms with Gasteiger partial charge in [0.15, 0.2) is 0 Å². The van der Waals surface area contributed by atoms with Crippen LogP contribution >= 0.6 is 0 Å². The number of fused-ring (bicyclic) bond motifs is 3. The molecule has 0 aliphatic carbocycles. The van der Waals surface area contributed by atoms with E-state index < -0.39 is 10.8 Å². The standard InChI is InChI=1S/C68H68N4O.Pt/c1-64(2,3)50-33-34-69-63(41-50)72-60-32-29-47(46-23-17-14-18-24-46)35-59(60)58-31-30-56(43-61(58)72)73-57-40-53(67(10,11)48-25-19-15-20-26-48)39-55(42-57)71-45-70(44-62(71)68(12,13)49-27-21-16-22-28-49)54-37-51(65(4,5)6)36-52(38-54)66(7,8)9;/h14-41,44H,1-13H3;/q-2;. The third-order valence-corrected chi connectivity index (χ3v) is 14.9. The molecule has 0 aliphatic heterocycles. The smallest absolute Gasteiger partial charge is 0.267 e. The zero-order chi connectivity index (χ0) is 51.7. The van der Waals surface area contributed by atoms with Gasteiger partial charge in [0, 0.05) is 55.9 Å². The Labute approximate surface area is 454 Å². The summed E-state index contributed by atoms with van der Waals surface area (Å²) in [6.07, 6.45) is 8.06. The van der Waals surface area contributed by atoms with Crippen LogP contribution in [0.25, 0.3) is 50.1 Å². The molecule has 0 saturated carbocycles. The molecule has 0 N–H and O–H groups in total. The minimum absolute atomic E-state index is 0. The van der Waals surface area contributed by atoms with E-state index in [1.807, 2.05) is 12.3 Å². The number of hydrogen-bond acceptors (Lipinski definition) is 2. The normalized spacial score (nSPS) is 12.6. The quantitative estimate of drug-likeness (QED) is 0.101. The van der Waals surface area contributed by atoms with Gasteiger partial charge in [-0.25, -0.2) is 4.98 Å². The first-order valence-corrected chi connectivity index (χ1v) is 25.7. The van der Waals surface area contributed by atoms with Gasteiger partial charge >= 0.3 is 0 Å². The van der Waals surface area contributed by atoms with E-state index in [0.717, 1.165) is 55.8 Å². The molecule has 10 rings (SSSR count). The van der Waals surface area contributed by atoms with Crippen molar-refractivity contribution >= 4 is 21.8 Å². The Balaban J connectivity index is 0.00000672. The molecule has 0 amide bonds. The van der Waals surface area contributed by atoms with E-state index in [1.165, 1.54) is 33.4 Å². The number of ether oxygens (including phenoxy) is 1. The summed E-state index contributed by atoms with van der Waals surface area (Å²) < 4.78 is 13.7. The average molecular weight is 1150 g/mol. The molecular formula is C68H68N4OPt-2. The van der Waals surface area contributed by atoms with Gasteiger partial charge in [-0.05, 0) is 102 Å². The van der Waals surface area contributed by atoms with E-state index in [0.29, 0.717) is 11.5 Å². The Kier molecular flexibility index (Phi) is 13.7. The molecule has 0 spiro atoms. The first-order chi connectivity index (χ1) is 34.6. The van der Waals surface area contributed by atoms with Crippen LogP contribution in [0.2, 0.25) is 0 Å². The monoisotopic (exact) mass is 1150 g/mol. The van der Waals surface area contributed by atoms with Gasteiger partial charge in [0.05, 0.1) is 11.4 Å². The SMILES string of the molecule is CC(C)(C)c1cc(-[n+]2[c-]n(-c3[c-]c(Oc4[c-]c5c(cc4)c4cc(-c6ccccc6)ccc4n5-c4cc(C(C)(C)C)ccn4)cc(C(C)(C)c4ccccc4)c3)c(C(C)(C)c3ccccc3)c2)cc(C(C)(C)C)c1.[Pt]. The summed E-state index contributed by atoms with van der Waals surface area (Å²) in [6, 6.07) is 66.3. The summed E-state index contributed by atoms with van der Waals surface area (Å²) in [5.41, 5.74) is 13.4. The predicted octanol–water partition coefficient (Wildman–Crippen LogP) is 16.6. The molecule has 10 aromatic rings. The first kappa shape index (κ1) is 52.1. The maximum atomic E-state index is 7.11. The van der Waals surface area contributed by atoms with Gasteiger partial charge in [0.1, 0.15) is 5.82 Å². The Hall–Kier alpha value is -6.81. The minimum Gasteiger partial charge on any atom is -0.510 e. The molecular weight excluding hydrogens is 1080 g/mol. The van der Waals surface area contributed by atoms with E-state index in [-0.39, 0.29) is 37.3 Å². The molecule has 0 unspecified atom stereocenters. The number of pyridine rings is 1. The van der Waals surface area contributed by atoms with E-state index in [2.05, 4.69) is 286 Å². The van der Waals surface area contributed by atoms with Crippen LogP contribution in [0.5, 0.6) is 11.5 Å². The summed E-state index contributed by atoms with van der Waals surface area (Å²) in [5.74, 6) is 1.99. The van der Waals surface area contributed by atoms with Crippen molar-refractivity contribution in [3.63, 3.8) is 0 Å². The average Bonchev–Trinajstić information content (AvgIpc) is 3.97. The molecule has 0 bridgehead atoms. The van der Waals surface area contributed by atoms with Crippen molar-refractivity contribution in [2.45, 2.75) is 117 Å². The van der Waals surface area contributed by atoms with Crippen molar-refractivity contribution in [2.75, 3.05) is 0 Å². The fourth-order valence-corrected chi connectivity index (χ4v) is 9.99. The van der Waals surface area contributed by atoms with Gasteiger partial charge in [-0.1, -0.05) is 205 Å². The second-order valence-corrected chi connectivity index (χ2v) is 24.0. The first-order valence-electron chi connectivity index (χ1n) is 25.7. The molecule has 74 heavy (non-hydrogen) atoms. The summed E-state index contributed by atoms with van der Waals surface area (Å²) in [5, 5.41) is 2.19. The predicted molar refractivity (Wildman–Crippen MR) is 301 cm³/mol. The van der Waals surface area contributed by atoms with Crippen LogP contribution < -0.4 is 9.30 Å². The van der Waals surface area contributed by atoms with E-state index in [9.17, 15) is 0 Å². The zero-order valence-electron chi connectivity index (χ0n) is 45.3. The van der Waals surface area contributed by atoms with Crippen LogP contribution in [-0.4, -0.2) is 14.1 Å². The van der Waals surface area contributed by atoms with Crippen molar-refractivity contribution < 1.29 is 30.4 Å². The number of nitrogens with zero attached hydrogens (tertiary/aromatic N) is 4. The van der Waals surface area contributed by atoms with E-state index >= 15 is 0 Å². The Bertz CT molecular complexity index is 3600. The molecule has 0 atom stereocenters. The van der Waals surface area contributed by atoms with E-state index in [1.54, 1.807) is 0 Å². The van der Waals surface area contributed by atoms with Crippen LogP contribution in [0.1, 0.15) is 129 Å². The topological polar surface area (TPSA) is 35.9 Å². The second-order valence-electron chi connectivity index (χ2n) is 24.0. The number of benzene rings is 7. The fourth-order valence-electron chi connectivity index (χ4n) is 9.99. The largest absolute Gasteiger partial charge is 0.510 e. The molecule has 0 saturated heterocycles. The molecule has 6 heteroatoms. The molecule has 0 fully saturated rings. The fraction of sp³-hybridized carbons (Fsp3) is 0.265. The summed E-state index contributed by atoms with van der Waals surface area (Å²) in [7, 11) is 0. The van der Waals surface area contributed by atoms with Crippen LogP contribution in [-0.2, 0) is 48.1 Å². The third-order valence-electron chi connectivity index (χ3n) is 14.9. The van der Waals surface area contributed by atoms with Gasteiger partial charge in [-0.2, -0.15) is 12.1 Å². The van der Waals surface area contributed by atoms with Crippen LogP contribution in [0.15, 0.2) is 176 Å². The zero-order valence-corrected chi connectivity index (χ0v) is 47.5. The molecule has 378 valence electrons. The van der Waals surface area contributed by atoms with Crippen molar-refractivity contribution in [1.29, 1.82) is 0 Å². The molecule has 3 heterocycles. The Morgan fingerprint density at radius 3 is 1.68 bits per heavy atom. The summed E-state index contributed by atoms with van der Waals surface area (Å²) >= 11 is 0.